The van der Waals surface area contributed by atoms with E-state index in [1.165, 1.54) is 0 Å². The largest absolute Gasteiger partial charge is 0.486 e. The fourth-order valence-corrected chi connectivity index (χ4v) is 1.58. The SMILES string of the molecule is NC(Cc1ccc(COc2ccccc2)o1)C(=O)O. The van der Waals surface area contributed by atoms with Crippen LogP contribution in [0.25, 0.3) is 0 Å². The maximum Gasteiger partial charge on any atom is 0.320 e. The average molecular weight is 261 g/mol. The molecule has 0 fully saturated rings. The van der Waals surface area contributed by atoms with Gasteiger partial charge in [0.05, 0.1) is 0 Å². The summed E-state index contributed by atoms with van der Waals surface area (Å²) < 4.78 is 11.0. The summed E-state index contributed by atoms with van der Waals surface area (Å²) in [5, 5.41) is 8.71. The molecule has 2 rings (SSSR count). The zero-order valence-electron chi connectivity index (χ0n) is 10.3. The van der Waals surface area contributed by atoms with Crippen LogP contribution in [0.5, 0.6) is 5.75 Å². The summed E-state index contributed by atoms with van der Waals surface area (Å²) in [6.07, 6.45) is 0.167. The third kappa shape index (κ3) is 3.86. The zero-order valence-corrected chi connectivity index (χ0v) is 10.3. The molecule has 5 nitrogen and oxygen atoms in total. The van der Waals surface area contributed by atoms with E-state index in [2.05, 4.69) is 0 Å². The number of carbonyl (C=O) groups is 1. The lowest BCUT2D eigenvalue weighted by atomic mass is 10.2. The lowest BCUT2D eigenvalue weighted by molar-refractivity contribution is -0.138. The van der Waals surface area contributed by atoms with Crippen molar-refractivity contribution in [3.05, 3.63) is 54.0 Å². The standard InChI is InChI=1S/C14H15NO4/c15-13(14(16)17)8-11-6-7-12(19-11)9-18-10-4-2-1-3-5-10/h1-7,13H,8-9,15H2,(H,16,17). The van der Waals surface area contributed by atoms with Gasteiger partial charge in [0, 0.05) is 6.42 Å². The smallest absolute Gasteiger partial charge is 0.320 e. The highest BCUT2D eigenvalue weighted by Gasteiger charge is 2.14. The quantitative estimate of drug-likeness (QED) is 0.828. The Morgan fingerprint density at radius 3 is 2.58 bits per heavy atom. The van der Waals surface area contributed by atoms with Gasteiger partial charge in [0.15, 0.2) is 0 Å². The first-order valence-electron chi connectivity index (χ1n) is 5.89. The summed E-state index contributed by atoms with van der Waals surface area (Å²) in [4.78, 5) is 10.6. The molecule has 0 aliphatic rings. The first kappa shape index (κ1) is 13.2. The summed E-state index contributed by atoms with van der Waals surface area (Å²) in [5.74, 6) is 0.888. The highest BCUT2D eigenvalue weighted by Crippen LogP contribution is 2.14. The van der Waals surface area contributed by atoms with Gasteiger partial charge in [0.25, 0.3) is 0 Å². The van der Waals surface area contributed by atoms with Gasteiger partial charge in [0.1, 0.15) is 29.9 Å². The van der Waals surface area contributed by atoms with Crippen molar-refractivity contribution in [1.82, 2.24) is 0 Å². The maximum absolute atomic E-state index is 10.6. The van der Waals surface area contributed by atoms with E-state index in [9.17, 15) is 4.79 Å². The molecule has 0 saturated carbocycles. The predicted molar refractivity (Wildman–Crippen MR) is 68.8 cm³/mol. The number of hydrogen-bond donors (Lipinski definition) is 2. The Bertz CT molecular complexity index is 535. The third-order valence-corrected chi connectivity index (χ3v) is 2.58. The molecule has 2 aromatic rings. The molecular weight excluding hydrogens is 246 g/mol. The molecule has 0 bridgehead atoms. The molecule has 1 unspecified atom stereocenters. The van der Waals surface area contributed by atoms with Gasteiger partial charge in [-0.15, -0.1) is 0 Å². The van der Waals surface area contributed by atoms with Gasteiger partial charge in [-0.25, -0.2) is 0 Å². The lowest BCUT2D eigenvalue weighted by Crippen LogP contribution is -2.32. The second kappa shape index (κ2) is 6.06. The van der Waals surface area contributed by atoms with Gasteiger partial charge in [0.2, 0.25) is 0 Å². The van der Waals surface area contributed by atoms with Crippen molar-refractivity contribution < 1.29 is 19.1 Å². The molecule has 0 spiro atoms. The molecule has 3 N–H and O–H groups in total. The van der Waals surface area contributed by atoms with E-state index in [-0.39, 0.29) is 6.42 Å². The number of carboxylic acids is 1. The van der Waals surface area contributed by atoms with Crippen LogP contribution < -0.4 is 10.5 Å². The van der Waals surface area contributed by atoms with Crippen molar-refractivity contribution in [3.8, 4) is 5.75 Å². The van der Waals surface area contributed by atoms with Crippen LogP contribution in [0.15, 0.2) is 46.9 Å². The van der Waals surface area contributed by atoms with Crippen LogP contribution in [0.3, 0.4) is 0 Å². The number of furan rings is 1. The highest BCUT2D eigenvalue weighted by atomic mass is 16.5. The first-order chi connectivity index (χ1) is 9.15. The van der Waals surface area contributed by atoms with Crippen molar-refractivity contribution in [2.24, 2.45) is 5.73 Å². The van der Waals surface area contributed by atoms with E-state index in [1.54, 1.807) is 12.1 Å². The number of aliphatic carboxylic acids is 1. The number of hydrogen-bond acceptors (Lipinski definition) is 4. The Morgan fingerprint density at radius 2 is 1.89 bits per heavy atom. The van der Waals surface area contributed by atoms with Crippen molar-refractivity contribution >= 4 is 5.97 Å². The minimum atomic E-state index is -1.04. The molecule has 1 aromatic carbocycles. The molecule has 0 amide bonds. The van der Waals surface area contributed by atoms with Crippen molar-refractivity contribution in [2.45, 2.75) is 19.1 Å². The van der Waals surface area contributed by atoms with Gasteiger partial charge < -0.3 is 20.0 Å². The zero-order chi connectivity index (χ0) is 13.7. The summed E-state index contributed by atoms with van der Waals surface area (Å²) >= 11 is 0. The number of rotatable bonds is 6. The van der Waals surface area contributed by atoms with Gasteiger partial charge in [-0.1, -0.05) is 18.2 Å². The molecule has 5 heteroatoms. The molecule has 1 atom stereocenters. The average Bonchev–Trinajstić information content (AvgIpc) is 2.85. The Labute approximate surface area is 110 Å². The number of nitrogens with two attached hydrogens (primary N) is 1. The van der Waals surface area contributed by atoms with Crippen molar-refractivity contribution in [3.63, 3.8) is 0 Å². The van der Waals surface area contributed by atoms with Crippen molar-refractivity contribution in [1.29, 1.82) is 0 Å². The van der Waals surface area contributed by atoms with Crippen LogP contribution in [0.4, 0.5) is 0 Å². The minimum absolute atomic E-state index is 0.167. The topological polar surface area (TPSA) is 85.7 Å². The molecular formula is C14H15NO4. The van der Waals surface area contributed by atoms with E-state index < -0.39 is 12.0 Å². The van der Waals surface area contributed by atoms with E-state index in [4.69, 9.17) is 20.0 Å². The maximum atomic E-state index is 10.6. The monoisotopic (exact) mass is 261 g/mol. The molecule has 0 aliphatic carbocycles. The summed E-state index contributed by atoms with van der Waals surface area (Å²) in [6.45, 7) is 0.298. The summed E-state index contributed by atoms with van der Waals surface area (Å²) in [6, 6.07) is 11.9. The molecule has 19 heavy (non-hydrogen) atoms. The fraction of sp³-hybridized carbons (Fsp3) is 0.214. The first-order valence-corrected chi connectivity index (χ1v) is 5.89. The van der Waals surface area contributed by atoms with Gasteiger partial charge >= 0.3 is 5.97 Å². The summed E-state index contributed by atoms with van der Waals surface area (Å²) in [7, 11) is 0. The normalized spacial score (nSPS) is 12.1. The van der Waals surface area contributed by atoms with E-state index in [0.29, 0.717) is 18.1 Å². The second-order valence-corrected chi connectivity index (χ2v) is 4.12. The number of benzene rings is 1. The van der Waals surface area contributed by atoms with Crippen LogP contribution in [0.2, 0.25) is 0 Å². The van der Waals surface area contributed by atoms with E-state index >= 15 is 0 Å². The molecule has 1 aromatic heterocycles. The fourth-order valence-electron chi connectivity index (χ4n) is 1.58. The van der Waals surface area contributed by atoms with Crippen LogP contribution in [-0.4, -0.2) is 17.1 Å². The Balaban J connectivity index is 1.89. The van der Waals surface area contributed by atoms with Crippen LogP contribution in [0.1, 0.15) is 11.5 Å². The number of para-hydroxylation sites is 1. The van der Waals surface area contributed by atoms with Crippen LogP contribution in [-0.2, 0) is 17.8 Å². The molecule has 1 heterocycles. The Hall–Kier alpha value is -2.27. The Kier molecular flexibility index (Phi) is 4.20. The summed E-state index contributed by atoms with van der Waals surface area (Å²) in [5.41, 5.74) is 5.43. The predicted octanol–water partition coefficient (Wildman–Crippen LogP) is 1.81. The van der Waals surface area contributed by atoms with E-state index in [0.717, 1.165) is 5.75 Å². The van der Waals surface area contributed by atoms with Gasteiger partial charge in [-0.2, -0.15) is 0 Å². The third-order valence-electron chi connectivity index (χ3n) is 2.58. The number of ether oxygens (including phenoxy) is 1. The number of carboxylic acid groups (broad SMARTS) is 1. The molecule has 0 aliphatic heterocycles. The van der Waals surface area contributed by atoms with Gasteiger partial charge in [-0.3, -0.25) is 4.79 Å². The highest BCUT2D eigenvalue weighted by molar-refractivity contribution is 5.73. The molecule has 0 saturated heterocycles. The lowest BCUT2D eigenvalue weighted by Gasteiger charge is -2.04. The molecule has 0 radical (unpaired) electrons. The van der Waals surface area contributed by atoms with Crippen molar-refractivity contribution in [2.75, 3.05) is 0 Å². The molecule has 100 valence electrons. The van der Waals surface area contributed by atoms with Gasteiger partial charge in [-0.05, 0) is 24.3 Å². The Morgan fingerprint density at radius 1 is 1.21 bits per heavy atom. The van der Waals surface area contributed by atoms with Crippen LogP contribution in [0, 0.1) is 0 Å². The second-order valence-electron chi connectivity index (χ2n) is 4.12. The minimum Gasteiger partial charge on any atom is -0.486 e. The van der Waals surface area contributed by atoms with E-state index in [1.807, 2.05) is 30.3 Å². The van der Waals surface area contributed by atoms with Crippen LogP contribution >= 0.6 is 0 Å².